The average Bonchev–Trinajstić information content (AvgIpc) is 3.06. The average molecular weight is 352 g/mol. The summed E-state index contributed by atoms with van der Waals surface area (Å²) in [6.45, 7) is 4.73. The first kappa shape index (κ1) is 18.5. The predicted octanol–water partition coefficient (Wildman–Crippen LogP) is 3.95. The number of likely N-dealkylation sites (tertiary alicyclic amines) is 1. The largest absolute Gasteiger partial charge is 0.481 e. The van der Waals surface area contributed by atoms with Crippen LogP contribution in [0.5, 0.6) is 0 Å². The number of carboxylic acids is 1. The van der Waals surface area contributed by atoms with Crippen LogP contribution in [0, 0.1) is 12.8 Å². The summed E-state index contributed by atoms with van der Waals surface area (Å²) >= 11 is 0. The molecule has 1 N–H and O–H groups in total. The second kappa shape index (κ2) is 8.37. The van der Waals surface area contributed by atoms with Crippen molar-refractivity contribution < 1.29 is 9.90 Å². The van der Waals surface area contributed by atoms with Gasteiger partial charge in [0, 0.05) is 37.6 Å². The maximum absolute atomic E-state index is 11.3. The first-order valence-corrected chi connectivity index (χ1v) is 9.39. The van der Waals surface area contributed by atoms with E-state index in [-0.39, 0.29) is 5.92 Å². The Kier molecular flexibility index (Phi) is 5.94. The minimum Gasteiger partial charge on any atom is -0.481 e. The van der Waals surface area contributed by atoms with Crippen LogP contribution >= 0.6 is 0 Å². The molecule has 1 fully saturated rings. The van der Waals surface area contributed by atoms with E-state index in [4.69, 9.17) is 0 Å². The number of hydrogen-bond donors (Lipinski definition) is 1. The van der Waals surface area contributed by atoms with Gasteiger partial charge in [-0.15, -0.1) is 0 Å². The van der Waals surface area contributed by atoms with Crippen molar-refractivity contribution >= 4 is 11.5 Å². The molecule has 0 unspecified atom stereocenters. The normalized spacial score (nSPS) is 18.8. The second-order valence-electron chi connectivity index (χ2n) is 7.20. The molecule has 1 saturated heterocycles. The highest BCUT2D eigenvalue weighted by atomic mass is 16.4. The number of rotatable bonds is 6. The lowest BCUT2D eigenvalue weighted by Gasteiger charge is -2.30. The number of carboxylic acid groups (broad SMARTS) is 1. The molecule has 138 valence electrons. The summed E-state index contributed by atoms with van der Waals surface area (Å²) in [5.74, 6) is -0.869. The molecule has 1 atom stereocenters. The van der Waals surface area contributed by atoms with Gasteiger partial charge in [-0.05, 0) is 56.0 Å². The minimum atomic E-state index is -0.658. The van der Waals surface area contributed by atoms with Crippen molar-refractivity contribution in [2.24, 2.45) is 13.0 Å². The van der Waals surface area contributed by atoms with Crippen molar-refractivity contribution in [1.29, 1.82) is 0 Å². The van der Waals surface area contributed by atoms with Gasteiger partial charge in [-0.3, -0.25) is 4.79 Å². The summed E-state index contributed by atoms with van der Waals surface area (Å²) in [6.07, 6.45) is 7.08. The fraction of sp³-hybridized carbons (Fsp3) is 0.409. The molecule has 0 saturated carbocycles. The van der Waals surface area contributed by atoms with Gasteiger partial charge in [0.2, 0.25) is 0 Å². The van der Waals surface area contributed by atoms with Crippen LogP contribution in [0.4, 0.5) is 0 Å². The van der Waals surface area contributed by atoms with Crippen LogP contribution in [0.2, 0.25) is 0 Å². The summed E-state index contributed by atoms with van der Waals surface area (Å²) in [6, 6.07) is 12.7. The highest BCUT2D eigenvalue weighted by Crippen LogP contribution is 2.27. The fourth-order valence-corrected chi connectivity index (χ4v) is 3.82. The van der Waals surface area contributed by atoms with Gasteiger partial charge < -0.3 is 14.6 Å². The van der Waals surface area contributed by atoms with E-state index in [2.05, 4.69) is 72.1 Å². The topological polar surface area (TPSA) is 45.5 Å². The number of piperidine rings is 1. The number of carbonyl (C=O) groups is 1. The molecule has 0 spiro atoms. The van der Waals surface area contributed by atoms with E-state index in [0.717, 1.165) is 32.4 Å². The lowest BCUT2D eigenvalue weighted by Crippen LogP contribution is -2.39. The summed E-state index contributed by atoms with van der Waals surface area (Å²) < 4.78 is 2.15. The number of benzene rings is 1. The Hall–Kier alpha value is -2.33. The van der Waals surface area contributed by atoms with Gasteiger partial charge in [0.25, 0.3) is 0 Å². The fourth-order valence-electron chi connectivity index (χ4n) is 3.82. The monoisotopic (exact) mass is 352 g/mol. The number of aliphatic carboxylic acids is 1. The zero-order chi connectivity index (χ0) is 18.5. The SMILES string of the molecule is Cc1ccccc1C(=CCCN1CCC[C@@H](C(=O)O)C1)c1cccn1C. The smallest absolute Gasteiger partial charge is 0.307 e. The Labute approximate surface area is 155 Å². The van der Waals surface area contributed by atoms with Crippen LogP contribution in [-0.2, 0) is 11.8 Å². The molecular formula is C22H28N2O2. The highest BCUT2D eigenvalue weighted by Gasteiger charge is 2.24. The molecule has 1 aliphatic heterocycles. The standard InChI is InChI=1S/C22H28N2O2/c1-17-8-3-4-10-19(17)20(21-12-7-13-23(21)2)11-6-15-24-14-5-9-18(16-24)22(25)26/h3-4,7-8,10-13,18H,5-6,9,14-16H2,1-2H3,(H,25,26)/t18-/m1/s1. The molecular weight excluding hydrogens is 324 g/mol. The molecule has 4 heteroatoms. The van der Waals surface area contributed by atoms with E-state index in [9.17, 15) is 9.90 Å². The summed E-state index contributed by atoms with van der Waals surface area (Å²) in [4.78, 5) is 13.5. The van der Waals surface area contributed by atoms with E-state index >= 15 is 0 Å². The minimum absolute atomic E-state index is 0.212. The summed E-state index contributed by atoms with van der Waals surface area (Å²) in [7, 11) is 2.07. The first-order chi connectivity index (χ1) is 12.6. The maximum Gasteiger partial charge on any atom is 0.307 e. The van der Waals surface area contributed by atoms with Gasteiger partial charge in [0.05, 0.1) is 5.92 Å². The third-order valence-corrected chi connectivity index (χ3v) is 5.30. The zero-order valence-electron chi connectivity index (χ0n) is 15.7. The van der Waals surface area contributed by atoms with Crippen molar-refractivity contribution in [2.45, 2.75) is 26.2 Å². The summed E-state index contributed by atoms with van der Waals surface area (Å²) in [5, 5.41) is 9.26. The number of aromatic nitrogens is 1. The molecule has 1 aromatic carbocycles. The van der Waals surface area contributed by atoms with Gasteiger partial charge in [0.1, 0.15) is 0 Å². The Balaban J connectivity index is 1.77. The van der Waals surface area contributed by atoms with E-state index in [1.165, 1.54) is 22.4 Å². The second-order valence-corrected chi connectivity index (χ2v) is 7.20. The zero-order valence-corrected chi connectivity index (χ0v) is 15.7. The third-order valence-electron chi connectivity index (χ3n) is 5.30. The van der Waals surface area contributed by atoms with Crippen LogP contribution in [0.1, 0.15) is 36.1 Å². The van der Waals surface area contributed by atoms with Crippen molar-refractivity contribution in [3.8, 4) is 0 Å². The van der Waals surface area contributed by atoms with Gasteiger partial charge in [-0.25, -0.2) is 0 Å². The molecule has 2 aromatic rings. The molecule has 0 aliphatic carbocycles. The third kappa shape index (κ3) is 4.25. The van der Waals surface area contributed by atoms with Crippen LogP contribution in [0.3, 0.4) is 0 Å². The van der Waals surface area contributed by atoms with Gasteiger partial charge >= 0.3 is 5.97 Å². The van der Waals surface area contributed by atoms with Crippen molar-refractivity contribution in [1.82, 2.24) is 9.47 Å². The molecule has 1 aliphatic rings. The first-order valence-electron chi connectivity index (χ1n) is 9.39. The van der Waals surface area contributed by atoms with E-state index in [1.807, 2.05) is 0 Å². The molecule has 1 aromatic heterocycles. The quantitative estimate of drug-likeness (QED) is 0.856. The number of nitrogens with zero attached hydrogens (tertiary/aromatic N) is 2. The number of aryl methyl sites for hydroxylation is 2. The van der Waals surface area contributed by atoms with Crippen LogP contribution in [0.25, 0.3) is 5.57 Å². The van der Waals surface area contributed by atoms with Crippen molar-refractivity contribution in [2.75, 3.05) is 19.6 Å². The molecule has 26 heavy (non-hydrogen) atoms. The lowest BCUT2D eigenvalue weighted by atomic mass is 9.96. The summed E-state index contributed by atoms with van der Waals surface area (Å²) in [5.41, 5.74) is 4.99. The molecule has 2 heterocycles. The van der Waals surface area contributed by atoms with E-state index in [0.29, 0.717) is 6.54 Å². The Morgan fingerprint density at radius 1 is 1.27 bits per heavy atom. The van der Waals surface area contributed by atoms with Crippen molar-refractivity contribution in [3.63, 3.8) is 0 Å². The molecule has 0 amide bonds. The predicted molar refractivity (Wildman–Crippen MR) is 105 cm³/mol. The maximum atomic E-state index is 11.3. The molecule has 4 nitrogen and oxygen atoms in total. The van der Waals surface area contributed by atoms with Gasteiger partial charge in [-0.1, -0.05) is 30.3 Å². The molecule has 3 rings (SSSR count). The van der Waals surface area contributed by atoms with Crippen LogP contribution in [-0.4, -0.2) is 40.2 Å². The Bertz CT molecular complexity index is 791. The lowest BCUT2D eigenvalue weighted by molar-refractivity contribution is -0.143. The number of hydrogen-bond acceptors (Lipinski definition) is 2. The van der Waals surface area contributed by atoms with Gasteiger partial charge in [-0.2, -0.15) is 0 Å². The Morgan fingerprint density at radius 3 is 2.77 bits per heavy atom. The van der Waals surface area contributed by atoms with E-state index in [1.54, 1.807) is 0 Å². The van der Waals surface area contributed by atoms with Crippen LogP contribution < -0.4 is 0 Å². The Morgan fingerprint density at radius 2 is 2.08 bits per heavy atom. The highest BCUT2D eigenvalue weighted by molar-refractivity contribution is 5.80. The molecule has 0 radical (unpaired) electrons. The van der Waals surface area contributed by atoms with E-state index < -0.39 is 5.97 Å². The molecule has 0 bridgehead atoms. The van der Waals surface area contributed by atoms with Crippen LogP contribution in [0.15, 0.2) is 48.7 Å². The van der Waals surface area contributed by atoms with Gasteiger partial charge in [0.15, 0.2) is 0 Å². The van der Waals surface area contributed by atoms with Crippen molar-refractivity contribution in [3.05, 3.63) is 65.5 Å².